The quantitative estimate of drug-likeness (QED) is 0.475. The Morgan fingerprint density at radius 2 is 2.25 bits per heavy atom. The lowest BCUT2D eigenvalue weighted by Gasteiger charge is -2.17. The minimum atomic E-state index is -0.646. The number of nitro groups is 1. The van der Waals surface area contributed by atoms with Crippen LogP contribution in [0.2, 0.25) is 0 Å². The Labute approximate surface area is 138 Å². The molecule has 1 fully saturated rings. The lowest BCUT2D eigenvalue weighted by atomic mass is 10.0. The number of hydrogen-bond donors (Lipinski definition) is 0. The Morgan fingerprint density at radius 1 is 1.46 bits per heavy atom. The van der Waals surface area contributed by atoms with Gasteiger partial charge in [0.15, 0.2) is 0 Å². The fraction of sp³-hybridized carbons (Fsp3) is 0.400. The zero-order valence-corrected chi connectivity index (χ0v) is 13.4. The van der Waals surface area contributed by atoms with Gasteiger partial charge in [-0.15, -0.1) is 0 Å². The fourth-order valence-corrected chi connectivity index (χ4v) is 2.93. The van der Waals surface area contributed by atoms with Gasteiger partial charge in [0.1, 0.15) is 0 Å². The van der Waals surface area contributed by atoms with Gasteiger partial charge in [0, 0.05) is 44.5 Å². The summed E-state index contributed by atoms with van der Waals surface area (Å²) in [5, 5.41) is 15.5. The van der Waals surface area contributed by atoms with E-state index in [4.69, 9.17) is 0 Å². The summed E-state index contributed by atoms with van der Waals surface area (Å²) in [6, 6.07) is 1.21. The second kappa shape index (κ2) is 6.26. The van der Waals surface area contributed by atoms with Crippen LogP contribution in [0.5, 0.6) is 0 Å². The van der Waals surface area contributed by atoms with Crippen LogP contribution < -0.4 is 4.90 Å². The van der Waals surface area contributed by atoms with Crippen LogP contribution in [-0.2, 0) is 11.8 Å². The van der Waals surface area contributed by atoms with E-state index in [1.807, 2.05) is 24.3 Å². The summed E-state index contributed by atoms with van der Waals surface area (Å²) in [4.78, 5) is 28.4. The monoisotopic (exact) mass is 331 g/mol. The van der Waals surface area contributed by atoms with E-state index in [1.54, 1.807) is 4.68 Å². The first-order chi connectivity index (χ1) is 11.5. The lowest BCUT2D eigenvalue weighted by molar-refractivity contribution is -0.384. The number of ether oxygens (including phenoxy) is 1. The van der Waals surface area contributed by atoms with Crippen molar-refractivity contribution in [1.29, 1.82) is 0 Å². The summed E-state index contributed by atoms with van der Waals surface area (Å²) in [6.45, 7) is 1.28. The number of methoxy groups -OCH3 is 1. The molecule has 1 unspecified atom stereocenters. The van der Waals surface area contributed by atoms with Crippen LogP contribution in [0, 0.1) is 10.1 Å². The third-order valence-corrected chi connectivity index (χ3v) is 4.15. The number of aromatic nitrogens is 3. The highest BCUT2D eigenvalue weighted by Gasteiger charge is 2.31. The highest BCUT2D eigenvalue weighted by Crippen LogP contribution is 2.34. The maximum absolute atomic E-state index is 11.6. The molecule has 1 aliphatic heterocycles. The molecule has 0 spiro atoms. The zero-order chi connectivity index (χ0) is 17.3. The van der Waals surface area contributed by atoms with E-state index in [1.165, 1.54) is 19.4 Å². The van der Waals surface area contributed by atoms with Gasteiger partial charge in [0.25, 0.3) is 0 Å². The van der Waals surface area contributed by atoms with Gasteiger partial charge < -0.3 is 9.64 Å². The average molecular weight is 331 g/mol. The molecular formula is C15H17N5O4. The van der Waals surface area contributed by atoms with Gasteiger partial charge in [-0.1, -0.05) is 0 Å². The van der Waals surface area contributed by atoms with Gasteiger partial charge in [-0.3, -0.25) is 14.8 Å². The Balaban J connectivity index is 1.86. The van der Waals surface area contributed by atoms with Crippen LogP contribution in [0.15, 0.2) is 24.7 Å². The van der Waals surface area contributed by atoms with Crippen molar-refractivity contribution < 1.29 is 14.5 Å². The molecule has 0 saturated carbocycles. The van der Waals surface area contributed by atoms with Crippen molar-refractivity contribution in [2.75, 3.05) is 25.1 Å². The predicted octanol–water partition coefficient (Wildman–Crippen LogP) is 1.50. The number of carbonyl (C=O) groups is 1. The molecule has 24 heavy (non-hydrogen) atoms. The maximum Gasteiger partial charge on any atom is 0.339 e. The van der Waals surface area contributed by atoms with E-state index in [9.17, 15) is 14.9 Å². The molecular weight excluding hydrogens is 314 g/mol. The van der Waals surface area contributed by atoms with Gasteiger partial charge in [0.05, 0.1) is 23.8 Å². The molecule has 0 amide bonds. The molecule has 2 aromatic heterocycles. The summed E-state index contributed by atoms with van der Waals surface area (Å²) in [5.74, 6) is -0.119. The number of anilines is 1. The molecule has 2 aromatic rings. The number of esters is 1. The van der Waals surface area contributed by atoms with Crippen molar-refractivity contribution in [3.63, 3.8) is 0 Å². The molecule has 126 valence electrons. The Hall–Kier alpha value is -2.97. The van der Waals surface area contributed by atoms with Crippen LogP contribution in [0.25, 0.3) is 0 Å². The molecule has 3 rings (SSSR count). The van der Waals surface area contributed by atoms with Crippen molar-refractivity contribution in [1.82, 2.24) is 14.8 Å². The number of aryl methyl sites for hydroxylation is 1. The Bertz CT molecular complexity index is 788. The third-order valence-electron chi connectivity index (χ3n) is 4.15. The Morgan fingerprint density at radius 3 is 2.88 bits per heavy atom. The van der Waals surface area contributed by atoms with E-state index in [2.05, 4.69) is 14.8 Å². The molecule has 1 atom stereocenters. The molecule has 0 N–H and O–H groups in total. The molecule has 1 saturated heterocycles. The topological polar surface area (TPSA) is 103 Å². The van der Waals surface area contributed by atoms with Crippen LogP contribution in [-0.4, -0.2) is 45.9 Å². The van der Waals surface area contributed by atoms with E-state index in [0.29, 0.717) is 13.1 Å². The number of carbonyl (C=O) groups excluding carboxylic acids is 1. The first-order valence-electron chi connectivity index (χ1n) is 7.46. The van der Waals surface area contributed by atoms with Gasteiger partial charge >= 0.3 is 11.7 Å². The van der Waals surface area contributed by atoms with E-state index in [0.717, 1.165) is 12.0 Å². The first kappa shape index (κ1) is 15.9. The summed E-state index contributed by atoms with van der Waals surface area (Å²) >= 11 is 0. The number of hydrogen-bond acceptors (Lipinski definition) is 7. The van der Waals surface area contributed by atoms with Crippen molar-refractivity contribution in [2.24, 2.45) is 7.05 Å². The largest absolute Gasteiger partial charge is 0.465 e. The molecule has 0 bridgehead atoms. The van der Waals surface area contributed by atoms with Crippen LogP contribution >= 0.6 is 0 Å². The molecule has 9 nitrogen and oxygen atoms in total. The van der Waals surface area contributed by atoms with Gasteiger partial charge in [-0.2, -0.15) is 5.10 Å². The van der Waals surface area contributed by atoms with E-state index < -0.39 is 10.9 Å². The fourth-order valence-electron chi connectivity index (χ4n) is 2.93. The number of pyridine rings is 1. The molecule has 0 aromatic carbocycles. The Kier molecular flexibility index (Phi) is 4.15. The van der Waals surface area contributed by atoms with Gasteiger partial charge in [-0.25, -0.2) is 9.78 Å². The summed E-state index contributed by atoms with van der Waals surface area (Å²) < 4.78 is 6.33. The maximum atomic E-state index is 11.6. The minimum Gasteiger partial charge on any atom is -0.465 e. The van der Waals surface area contributed by atoms with Crippen molar-refractivity contribution in [3.05, 3.63) is 45.9 Å². The van der Waals surface area contributed by atoms with Crippen molar-refractivity contribution >= 4 is 17.5 Å². The zero-order valence-electron chi connectivity index (χ0n) is 13.4. The molecule has 9 heteroatoms. The predicted molar refractivity (Wildman–Crippen MR) is 85.0 cm³/mol. The second-order valence-electron chi connectivity index (χ2n) is 5.69. The van der Waals surface area contributed by atoms with Crippen LogP contribution in [0.4, 0.5) is 11.5 Å². The second-order valence-corrected chi connectivity index (χ2v) is 5.69. The molecule has 0 radical (unpaired) electrons. The van der Waals surface area contributed by atoms with Crippen molar-refractivity contribution in [2.45, 2.75) is 12.3 Å². The van der Waals surface area contributed by atoms with Crippen LogP contribution in [0.3, 0.4) is 0 Å². The normalized spacial score (nSPS) is 17.1. The van der Waals surface area contributed by atoms with Crippen molar-refractivity contribution in [3.8, 4) is 0 Å². The molecule has 1 aliphatic rings. The van der Waals surface area contributed by atoms with Crippen LogP contribution in [0.1, 0.15) is 28.3 Å². The highest BCUT2D eigenvalue weighted by molar-refractivity contribution is 5.90. The highest BCUT2D eigenvalue weighted by atomic mass is 16.6. The third kappa shape index (κ3) is 2.92. The van der Waals surface area contributed by atoms with E-state index in [-0.39, 0.29) is 23.0 Å². The first-order valence-corrected chi connectivity index (χ1v) is 7.46. The number of nitrogens with zero attached hydrogens (tertiary/aromatic N) is 5. The molecule has 0 aliphatic carbocycles. The lowest BCUT2D eigenvalue weighted by Crippen LogP contribution is -2.22. The SMILES string of the molecule is COC(=O)c1cnc(N2CCC(c3cnn(C)c3)C2)c([N+](=O)[O-])c1. The summed E-state index contributed by atoms with van der Waals surface area (Å²) in [5.41, 5.74) is 0.981. The van der Waals surface area contributed by atoms with E-state index >= 15 is 0 Å². The average Bonchev–Trinajstić information content (AvgIpc) is 3.22. The summed E-state index contributed by atoms with van der Waals surface area (Å²) in [7, 11) is 3.08. The molecule has 3 heterocycles. The number of rotatable bonds is 4. The van der Waals surface area contributed by atoms with Gasteiger partial charge in [-0.05, 0) is 12.0 Å². The van der Waals surface area contributed by atoms with Gasteiger partial charge in [0.2, 0.25) is 5.82 Å². The smallest absolute Gasteiger partial charge is 0.339 e. The standard InChI is InChI=1S/C15H17N5O4/c1-18-8-12(7-17-18)10-3-4-19(9-10)14-13(20(22)23)5-11(6-16-14)15(21)24-2/h5-8,10H,3-4,9H2,1-2H3. The minimum absolute atomic E-state index is 0.0657. The summed E-state index contributed by atoms with van der Waals surface area (Å²) in [6.07, 6.45) is 5.95.